The van der Waals surface area contributed by atoms with Gasteiger partial charge in [0.15, 0.2) is 11.5 Å². The number of nitrogens with one attached hydrogen (secondary N) is 2. The van der Waals surface area contributed by atoms with E-state index in [1.807, 2.05) is 6.07 Å². The van der Waals surface area contributed by atoms with Crippen molar-refractivity contribution in [1.82, 2.24) is 10.0 Å². The molecule has 2 aromatic rings. The maximum absolute atomic E-state index is 12.4. The van der Waals surface area contributed by atoms with Crippen LogP contribution in [-0.4, -0.2) is 48.2 Å². The number of fused-ring (bicyclic) bond motifs is 1. The van der Waals surface area contributed by atoms with Crippen LogP contribution < -0.4 is 24.2 Å². The Kier molecular flexibility index (Phi) is 7.75. The van der Waals surface area contributed by atoms with Crippen LogP contribution in [0.1, 0.15) is 24.0 Å². The lowest BCUT2D eigenvalue weighted by atomic mass is 10.1. The second-order valence-electron chi connectivity index (χ2n) is 7.15. The maximum atomic E-state index is 12.4. The quantitative estimate of drug-likeness (QED) is 0.510. The number of rotatable bonds is 11. The van der Waals surface area contributed by atoms with Gasteiger partial charge in [0.2, 0.25) is 15.9 Å². The molecule has 0 atom stereocenters. The molecule has 0 bridgehead atoms. The Morgan fingerprint density at radius 3 is 2.52 bits per heavy atom. The van der Waals surface area contributed by atoms with Gasteiger partial charge in [-0.2, -0.15) is 0 Å². The summed E-state index contributed by atoms with van der Waals surface area (Å²) >= 11 is 0. The number of ether oxygens (including phenoxy) is 3. The molecule has 2 aromatic carbocycles. The van der Waals surface area contributed by atoms with Crippen molar-refractivity contribution < 1.29 is 27.4 Å². The average molecular weight is 449 g/mol. The molecule has 0 saturated heterocycles. The van der Waals surface area contributed by atoms with E-state index in [1.165, 1.54) is 50.0 Å². The van der Waals surface area contributed by atoms with Crippen molar-refractivity contribution in [3.63, 3.8) is 0 Å². The van der Waals surface area contributed by atoms with Crippen molar-refractivity contribution in [2.24, 2.45) is 0 Å². The Balaban J connectivity index is 1.38. The zero-order chi connectivity index (χ0) is 22.3. The molecule has 0 fully saturated rings. The van der Waals surface area contributed by atoms with Gasteiger partial charge in [-0.25, -0.2) is 13.1 Å². The summed E-state index contributed by atoms with van der Waals surface area (Å²) in [7, 11) is -0.868. The Morgan fingerprint density at radius 1 is 0.968 bits per heavy atom. The lowest BCUT2D eigenvalue weighted by Crippen LogP contribution is -2.32. The summed E-state index contributed by atoms with van der Waals surface area (Å²) in [4.78, 5) is 12.0. The van der Waals surface area contributed by atoms with E-state index < -0.39 is 10.0 Å². The number of carbonyl (C=O) groups excluding carboxylic acids is 1. The predicted octanol–water partition coefficient (Wildman–Crippen LogP) is 2.06. The lowest BCUT2D eigenvalue weighted by molar-refractivity contribution is -0.121. The van der Waals surface area contributed by atoms with Crippen LogP contribution >= 0.6 is 0 Å². The van der Waals surface area contributed by atoms with Crippen LogP contribution in [0.3, 0.4) is 0 Å². The Hall–Kier alpha value is -2.78. The van der Waals surface area contributed by atoms with Crippen LogP contribution in [0.25, 0.3) is 0 Å². The highest BCUT2D eigenvalue weighted by molar-refractivity contribution is 7.89. The predicted molar refractivity (Wildman–Crippen MR) is 116 cm³/mol. The number of hydrogen-bond acceptors (Lipinski definition) is 6. The number of methoxy groups -OCH3 is 2. The first-order chi connectivity index (χ1) is 14.9. The minimum Gasteiger partial charge on any atom is -0.493 e. The fourth-order valence-corrected chi connectivity index (χ4v) is 4.50. The highest BCUT2D eigenvalue weighted by atomic mass is 32.2. The van der Waals surface area contributed by atoms with Crippen LogP contribution in [0.4, 0.5) is 0 Å². The Morgan fingerprint density at radius 2 is 1.74 bits per heavy atom. The second kappa shape index (κ2) is 10.5. The molecule has 8 nitrogen and oxygen atoms in total. The van der Waals surface area contributed by atoms with E-state index in [1.54, 1.807) is 0 Å². The minimum absolute atomic E-state index is 0.0192. The second-order valence-corrected chi connectivity index (χ2v) is 8.91. The van der Waals surface area contributed by atoms with E-state index in [0.29, 0.717) is 24.7 Å². The lowest BCUT2D eigenvalue weighted by Gasteiger charge is -2.11. The molecule has 0 aromatic heterocycles. The summed E-state index contributed by atoms with van der Waals surface area (Å²) in [6.07, 6.45) is 3.42. The molecule has 0 radical (unpaired) electrons. The first-order valence-corrected chi connectivity index (χ1v) is 11.6. The van der Waals surface area contributed by atoms with Gasteiger partial charge in [-0.15, -0.1) is 0 Å². The van der Waals surface area contributed by atoms with Gasteiger partial charge in [0.05, 0.1) is 25.7 Å². The van der Waals surface area contributed by atoms with Crippen LogP contribution in [0, 0.1) is 0 Å². The van der Waals surface area contributed by atoms with Crippen molar-refractivity contribution in [1.29, 1.82) is 0 Å². The molecule has 168 valence electrons. The topological polar surface area (TPSA) is 103 Å². The van der Waals surface area contributed by atoms with Gasteiger partial charge in [0.1, 0.15) is 12.4 Å². The van der Waals surface area contributed by atoms with E-state index in [-0.39, 0.29) is 23.8 Å². The zero-order valence-electron chi connectivity index (χ0n) is 17.8. The van der Waals surface area contributed by atoms with Gasteiger partial charge < -0.3 is 19.5 Å². The van der Waals surface area contributed by atoms with E-state index in [9.17, 15) is 13.2 Å². The summed E-state index contributed by atoms with van der Waals surface area (Å²) in [6.45, 7) is 0.675. The third kappa shape index (κ3) is 6.11. The first kappa shape index (κ1) is 22.9. The van der Waals surface area contributed by atoms with Gasteiger partial charge in [-0.05, 0) is 54.7 Å². The summed E-state index contributed by atoms with van der Waals surface area (Å²) in [5.74, 6) is 1.29. The summed E-state index contributed by atoms with van der Waals surface area (Å²) in [5.41, 5.74) is 2.72. The molecule has 9 heteroatoms. The largest absolute Gasteiger partial charge is 0.493 e. The molecular weight excluding hydrogens is 420 g/mol. The van der Waals surface area contributed by atoms with Crippen molar-refractivity contribution >= 4 is 15.9 Å². The van der Waals surface area contributed by atoms with Gasteiger partial charge in [0, 0.05) is 19.0 Å². The number of aryl methyl sites for hydroxylation is 2. The highest BCUT2D eigenvalue weighted by Gasteiger charge is 2.17. The van der Waals surface area contributed by atoms with Crippen molar-refractivity contribution in [2.45, 2.75) is 30.6 Å². The van der Waals surface area contributed by atoms with Crippen LogP contribution in [0.2, 0.25) is 0 Å². The van der Waals surface area contributed by atoms with Gasteiger partial charge >= 0.3 is 0 Å². The Bertz CT molecular complexity index is 1020. The number of carbonyl (C=O) groups is 1. The summed E-state index contributed by atoms with van der Waals surface area (Å²) in [6, 6.07) is 10.4. The molecule has 0 spiro atoms. The van der Waals surface area contributed by atoms with Crippen LogP contribution in [0.15, 0.2) is 41.3 Å². The average Bonchev–Trinajstić information content (AvgIpc) is 3.24. The number of benzene rings is 2. The highest BCUT2D eigenvalue weighted by Crippen LogP contribution is 2.29. The van der Waals surface area contributed by atoms with Crippen molar-refractivity contribution in [3.8, 4) is 17.2 Å². The van der Waals surface area contributed by atoms with Crippen molar-refractivity contribution in [3.05, 3.63) is 47.5 Å². The minimum atomic E-state index is -3.77. The zero-order valence-corrected chi connectivity index (χ0v) is 18.6. The summed E-state index contributed by atoms with van der Waals surface area (Å²) < 4.78 is 43.2. The third-order valence-electron chi connectivity index (χ3n) is 5.07. The van der Waals surface area contributed by atoms with Gasteiger partial charge in [-0.3, -0.25) is 4.79 Å². The van der Waals surface area contributed by atoms with Crippen LogP contribution in [0.5, 0.6) is 17.2 Å². The molecule has 2 N–H and O–H groups in total. The molecular formula is C22H28N2O6S. The summed E-state index contributed by atoms with van der Waals surface area (Å²) in [5, 5.41) is 2.73. The molecule has 1 aliphatic carbocycles. The van der Waals surface area contributed by atoms with E-state index in [0.717, 1.165) is 18.6 Å². The van der Waals surface area contributed by atoms with E-state index in [4.69, 9.17) is 14.2 Å². The van der Waals surface area contributed by atoms with E-state index in [2.05, 4.69) is 22.2 Å². The van der Waals surface area contributed by atoms with Crippen molar-refractivity contribution in [2.75, 3.05) is 33.9 Å². The monoisotopic (exact) mass is 448 g/mol. The number of sulfonamides is 1. The third-order valence-corrected chi connectivity index (χ3v) is 6.53. The molecule has 1 aliphatic rings. The molecule has 0 saturated carbocycles. The van der Waals surface area contributed by atoms with Gasteiger partial charge in [-0.1, -0.05) is 6.07 Å². The normalized spacial score (nSPS) is 12.8. The number of hydrogen-bond donors (Lipinski definition) is 2. The SMILES string of the molecule is COc1ccc(S(=O)(=O)NCCC(=O)NCCOc2ccc3c(c2)CCC3)cc1OC. The van der Waals surface area contributed by atoms with E-state index >= 15 is 0 Å². The molecule has 0 heterocycles. The molecule has 3 rings (SSSR count). The van der Waals surface area contributed by atoms with Gasteiger partial charge in [0.25, 0.3) is 0 Å². The molecule has 31 heavy (non-hydrogen) atoms. The molecule has 1 amide bonds. The maximum Gasteiger partial charge on any atom is 0.240 e. The van der Waals surface area contributed by atoms with Crippen LogP contribution in [-0.2, 0) is 27.7 Å². The standard InChI is InChI=1S/C22H28N2O6S/c1-28-20-9-8-19(15-21(20)29-2)31(26,27)24-11-10-22(25)23-12-13-30-18-7-6-16-4-3-5-17(16)14-18/h6-9,14-15,24H,3-5,10-13H2,1-2H3,(H,23,25). The molecule has 0 unspecified atom stereocenters. The fraction of sp³-hybridized carbons (Fsp3) is 0.409. The fourth-order valence-electron chi connectivity index (χ4n) is 3.45. The molecule has 0 aliphatic heterocycles. The first-order valence-electron chi connectivity index (χ1n) is 10.2. The number of amides is 1. The smallest absolute Gasteiger partial charge is 0.240 e. The Labute approximate surface area is 182 Å².